The Morgan fingerprint density at radius 3 is 2.43 bits per heavy atom. The molecule has 14 heavy (non-hydrogen) atoms. The summed E-state index contributed by atoms with van der Waals surface area (Å²) in [5.41, 5.74) is 0.0543. The van der Waals surface area contributed by atoms with Crippen molar-refractivity contribution in [2.45, 2.75) is 10.7 Å². The molecule has 0 aliphatic heterocycles. The van der Waals surface area contributed by atoms with Crippen LogP contribution in [0.5, 0.6) is 0 Å². The van der Waals surface area contributed by atoms with Crippen LogP contribution in [0.2, 0.25) is 0 Å². The van der Waals surface area contributed by atoms with Crippen LogP contribution in [0.4, 0.5) is 0 Å². The summed E-state index contributed by atoms with van der Waals surface area (Å²) >= 11 is 6.07. The fraction of sp³-hybridized carbons (Fsp3) is 0.250. The van der Waals surface area contributed by atoms with Gasteiger partial charge in [-0.15, -0.1) is 0 Å². The number of carboxylic acids is 2. The summed E-state index contributed by atoms with van der Waals surface area (Å²) in [5.74, 6) is -2.22. The van der Waals surface area contributed by atoms with E-state index in [9.17, 15) is 9.59 Å². The molecule has 1 aliphatic carbocycles. The van der Waals surface area contributed by atoms with Crippen LogP contribution >= 0.6 is 31.9 Å². The zero-order chi connectivity index (χ0) is 10.9. The maximum absolute atomic E-state index is 10.9. The number of carboxylic acid groups (broad SMARTS) is 2. The predicted octanol–water partition coefficient (Wildman–Crippen LogP) is 1.90. The first kappa shape index (κ1) is 11.5. The van der Waals surface area contributed by atoms with Gasteiger partial charge in [0.05, 0.1) is 0 Å². The zero-order valence-corrected chi connectivity index (χ0v) is 10.0. The highest BCUT2D eigenvalue weighted by molar-refractivity contribution is 9.12. The number of carbonyl (C=O) groups is 2. The van der Waals surface area contributed by atoms with Crippen LogP contribution < -0.4 is 0 Å². The number of halogens is 2. The Labute approximate surface area is 96.6 Å². The normalized spacial score (nSPS) is 26.4. The van der Waals surface area contributed by atoms with Crippen LogP contribution in [0.25, 0.3) is 0 Å². The molecule has 0 saturated heterocycles. The van der Waals surface area contributed by atoms with E-state index in [4.69, 9.17) is 10.2 Å². The second-order valence-electron chi connectivity index (χ2n) is 2.85. The van der Waals surface area contributed by atoms with Crippen molar-refractivity contribution in [2.24, 2.45) is 0 Å². The Morgan fingerprint density at radius 2 is 2.00 bits per heavy atom. The Balaban J connectivity index is 3.08. The first-order valence-electron chi connectivity index (χ1n) is 3.60. The third-order valence-electron chi connectivity index (χ3n) is 1.76. The summed E-state index contributed by atoms with van der Waals surface area (Å²) in [7, 11) is 0. The Bertz CT molecular complexity index is 358. The number of alkyl halides is 1. The third kappa shape index (κ3) is 2.24. The minimum atomic E-state index is -1.33. The largest absolute Gasteiger partial charge is 0.480 e. The highest BCUT2D eigenvalue weighted by Crippen LogP contribution is 2.36. The molecule has 1 aliphatic rings. The van der Waals surface area contributed by atoms with E-state index in [0.717, 1.165) is 0 Å². The van der Waals surface area contributed by atoms with Gasteiger partial charge in [0.15, 0.2) is 0 Å². The summed E-state index contributed by atoms with van der Waals surface area (Å²) in [6.45, 7) is 0. The van der Waals surface area contributed by atoms with Gasteiger partial charge in [0.2, 0.25) is 0 Å². The number of hydrogen-bond donors (Lipinski definition) is 2. The first-order valence-corrected chi connectivity index (χ1v) is 5.18. The van der Waals surface area contributed by atoms with Crippen molar-refractivity contribution in [1.29, 1.82) is 0 Å². The van der Waals surface area contributed by atoms with Crippen LogP contribution in [-0.2, 0) is 9.59 Å². The van der Waals surface area contributed by atoms with Crippen LogP contribution in [0.15, 0.2) is 22.2 Å². The number of allylic oxidation sites excluding steroid dienone is 2. The summed E-state index contributed by atoms with van der Waals surface area (Å²) in [6, 6.07) is 0. The predicted molar refractivity (Wildman–Crippen MR) is 56.6 cm³/mol. The molecule has 4 nitrogen and oxygen atoms in total. The lowest BCUT2D eigenvalue weighted by atomic mass is 9.94. The molecule has 0 aromatic heterocycles. The Kier molecular flexibility index (Phi) is 3.16. The average molecular weight is 326 g/mol. The summed E-state index contributed by atoms with van der Waals surface area (Å²) in [6.07, 6.45) is 2.74. The number of hydrogen-bond acceptors (Lipinski definition) is 2. The van der Waals surface area contributed by atoms with Gasteiger partial charge in [-0.3, -0.25) is 4.79 Å². The van der Waals surface area contributed by atoms with E-state index in [-0.39, 0.29) is 12.0 Å². The second kappa shape index (κ2) is 3.86. The molecule has 0 amide bonds. The molecule has 1 atom stereocenters. The fourth-order valence-electron chi connectivity index (χ4n) is 1.08. The first-order chi connectivity index (χ1) is 6.35. The number of aliphatic carboxylic acids is 2. The average Bonchev–Trinajstić information content (AvgIpc) is 2.02. The van der Waals surface area contributed by atoms with Gasteiger partial charge in [-0.2, -0.15) is 0 Å². The smallest absolute Gasteiger partial charge is 0.331 e. The minimum Gasteiger partial charge on any atom is -0.480 e. The topological polar surface area (TPSA) is 74.6 Å². The van der Waals surface area contributed by atoms with Crippen molar-refractivity contribution in [1.82, 2.24) is 0 Å². The quantitative estimate of drug-likeness (QED) is 0.760. The molecular weight excluding hydrogens is 320 g/mol. The highest BCUT2D eigenvalue weighted by Gasteiger charge is 2.38. The molecule has 6 heteroatoms. The number of rotatable bonds is 2. The van der Waals surface area contributed by atoms with E-state index in [2.05, 4.69) is 31.9 Å². The molecule has 0 saturated carbocycles. The molecule has 0 radical (unpaired) electrons. The van der Waals surface area contributed by atoms with E-state index >= 15 is 0 Å². The van der Waals surface area contributed by atoms with E-state index in [1.165, 1.54) is 12.2 Å². The molecule has 0 aromatic rings. The second-order valence-corrected chi connectivity index (χ2v) is 5.18. The highest BCUT2D eigenvalue weighted by atomic mass is 79.9. The van der Waals surface area contributed by atoms with Gasteiger partial charge in [0, 0.05) is 16.5 Å². The van der Waals surface area contributed by atoms with Crippen LogP contribution in [0.1, 0.15) is 6.42 Å². The lowest BCUT2D eigenvalue weighted by Gasteiger charge is -2.22. The molecule has 0 bridgehead atoms. The van der Waals surface area contributed by atoms with E-state index in [1.54, 1.807) is 0 Å². The van der Waals surface area contributed by atoms with Crippen LogP contribution in [-0.4, -0.2) is 26.5 Å². The molecule has 0 fully saturated rings. The standard InChI is InChI=1S/C8H6Br2O4/c9-5-1-4(6(11)12)2-8(10,3-5)7(13)14/h1,3H,2H2,(H,11,12)(H,13,14). The van der Waals surface area contributed by atoms with Gasteiger partial charge >= 0.3 is 11.9 Å². The third-order valence-corrected chi connectivity index (χ3v) is 3.06. The van der Waals surface area contributed by atoms with Gasteiger partial charge in [-0.1, -0.05) is 31.9 Å². The molecule has 1 rings (SSSR count). The van der Waals surface area contributed by atoms with Crippen molar-refractivity contribution < 1.29 is 19.8 Å². The lowest BCUT2D eigenvalue weighted by molar-refractivity contribution is -0.138. The fourth-order valence-corrected chi connectivity index (χ4v) is 2.60. The molecule has 76 valence electrons. The van der Waals surface area contributed by atoms with Crippen molar-refractivity contribution in [3.05, 3.63) is 22.2 Å². The summed E-state index contributed by atoms with van der Waals surface area (Å²) < 4.78 is -0.880. The zero-order valence-electron chi connectivity index (χ0n) is 6.83. The van der Waals surface area contributed by atoms with E-state index < -0.39 is 16.3 Å². The molecule has 0 heterocycles. The van der Waals surface area contributed by atoms with Crippen LogP contribution in [0.3, 0.4) is 0 Å². The van der Waals surface area contributed by atoms with Gasteiger partial charge in [0.25, 0.3) is 0 Å². The molecule has 2 N–H and O–H groups in total. The van der Waals surface area contributed by atoms with Crippen LogP contribution in [0, 0.1) is 0 Å². The van der Waals surface area contributed by atoms with Crippen molar-refractivity contribution in [3.63, 3.8) is 0 Å². The summed E-state index contributed by atoms with van der Waals surface area (Å²) in [5, 5.41) is 17.6. The van der Waals surface area contributed by atoms with Crippen molar-refractivity contribution in [2.75, 3.05) is 0 Å². The van der Waals surface area contributed by atoms with Gasteiger partial charge < -0.3 is 10.2 Å². The summed E-state index contributed by atoms with van der Waals surface area (Å²) in [4.78, 5) is 21.5. The lowest BCUT2D eigenvalue weighted by Crippen LogP contribution is -2.33. The maximum Gasteiger partial charge on any atom is 0.331 e. The Hall–Kier alpha value is -0.620. The molecular formula is C8H6Br2O4. The van der Waals surface area contributed by atoms with Crippen molar-refractivity contribution in [3.8, 4) is 0 Å². The van der Waals surface area contributed by atoms with E-state index in [0.29, 0.717) is 4.48 Å². The SMILES string of the molecule is O=C(O)C1=CC(Br)=CC(Br)(C(=O)O)C1. The van der Waals surface area contributed by atoms with Gasteiger partial charge in [-0.25, -0.2) is 4.79 Å². The Morgan fingerprint density at radius 1 is 1.43 bits per heavy atom. The minimum absolute atomic E-state index is 0.0543. The maximum atomic E-state index is 10.9. The molecule has 0 aromatic carbocycles. The molecule has 1 unspecified atom stereocenters. The van der Waals surface area contributed by atoms with E-state index in [1.807, 2.05) is 0 Å². The monoisotopic (exact) mass is 324 g/mol. The van der Waals surface area contributed by atoms with Crippen molar-refractivity contribution >= 4 is 43.8 Å². The van der Waals surface area contributed by atoms with Gasteiger partial charge in [0.1, 0.15) is 4.32 Å². The van der Waals surface area contributed by atoms with Gasteiger partial charge in [-0.05, 0) is 12.2 Å². The molecule has 0 spiro atoms.